The summed E-state index contributed by atoms with van der Waals surface area (Å²) in [6.45, 7) is 4.16. The predicted octanol–water partition coefficient (Wildman–Crippen LogP) is 5.84. The van der Waals surface area contributed by atoms with E-state index in [1.165, 1.54) is 5.56 Å². The Kier molecular flexibility index (Phi) is 8.24. The van der Waals surface area contributed by atoms with Gasteiger partial charge in [-0.2, -0.15) is 0 Å². The standard InChI is InChI=1S/C32H37ClN4O2/c1-23(38)36-19-18-29-16-17-30(37(29)20-24-8-12-27(33)13-9-24)22-35(21-26-6-4-5-7-31(26)36)32(39)25-10-14-28(15-11-25)34(2)3/h4-15,29-30H,16-22H2,1-3H3/t29-,30+/m1/s1. The number of carbonyl (C=O) groups is 2. The van der Waals surface area contributed by atoms with Crippen LogP contribution in [0.4, 0.5) is 11.4 Å². The maximum absolute atomic E-state index is 14.0. The minimum Gasteiger partial charge on any atom is -0.378 e. The number of anilines is 2. The molecule has 0 unspecified atom stereocenters. The fourth-order valence-electron chi connectivity index (χ4n) is 5.98. The minimum absolute atomic E-state index is 0.0126. The van der Waals surface area contributed by atoms with Gasteiger partial charge in [0.05, 0.1) is 0 Å². The Hall–Kier alpha value is -3.35. The van der Waals surface area contributed by atoms with Gasteiger partial charge in [0, 0.05) is 81.2 Å². The molecule has 2 atom stereocenters. The molecule has 0 saturated carbocycles. The monoisotopic (exact) mass is 544 g/mol. The molecule has 5 rings (SSSR count). The van der Waals surface area contributed by atoms with Gasteiger partial charge in [-0.15, -0.1) is 0 Å². The van der Waals surface area contributed by atoms with Gasteiger partial charge in [-0.3, -0.25) is 14.5 Å². The summed E-state index contributed by atoms with van der Waals surface area (Å²) in [5.74, 6) is 0.0382. The van der Waals surface area contributed by atoms with Gasteiger partial charge in [0.25, 0.3) is 5.91 Å². The number of amides is 2. The van der Waals surface area contributed by atoms with E-state index in [-0.39, 0.29) is 17.9 Å². The van der Waals surface area contributed by atoms with Crippen molar-refractivity contribution in [3.8, 4) is 0 Å². The van der Waals surface area contributed by atoms with E-state index >= 15 is 0 Å². The van der Waals surface area contributed by atoms with Gasteiger partial charge in [-0.05, 0) is 72.9 Å². The Balaban J connectivity index is 1.52. The maximum Gasteiger partial charge on any atom is 0.254 e. The molecule has 7 heteroatoms. The highest BCUT2D eigenvalue weighted by molar-refractivity contribution is 6.30. The van der Waals surface area contributed by atoms with Crippen molar-refractivity contribution in [1.29, 1.82) is 0 Å². The Morgan fingerprint density at radius 2 is 1.59 bits per heavy atom. The largest absolute Gasteiger partial charge is 0.378 e. The van der Waals surface area contributed by atoms with Crippen molar-refractivity contribution in [3.05, 3.63) is 94.5 Å². The van der Waals surface area contributed by atoms with Gasteiger partial charge in [-0.1, -0.05) is 41.9 Å². The van der Waals surface area contributed by atoms with Crippen LogP contribution in [-0.4, -0.2) is 60.9 Å². The number of hydrogen-bond donors (Lipinski definition) is 0. The molecule has 2 aliphatic heterocycles. The van der Waals surface area contributed by atoms with Crippen LogP contribution in [0.15, 0.2) is 72.8 Å². The zero-order valence-corrected chi connectivity index (χ0v) is 23.8. The fraction of sp³-hybridized carbons (Fsp3) is 0.375. The molecule has 3 aromatic rings. The highest BCUT2D eigenvalue weighted by Gasteiger charge is 2.36. The fourth-order valence-corrected chi connectivity index (χ4v) is 6.10. The first kappa shape index (κ1) is 27.2. The van der Waals surface area contributed by atoms with E-state index in [9.17, 15) is 9.59 Å². The number of para-hydroxylation sites is 1. The quantitative estimate of drug-likeness (QED) is 0.414. The first-order valence-electron chi connectivity index (χ1n) is 13.7. The van der Waals surface area contributed by atoms with Crippen molar-refractivity contribution in [2.45, 2.75) is 51.4 Å². The number of carbonyl (C=O) groups excluding carboxylic acids is 2. The average molecular weight is 545 g/mol. The third kappa shape index (κ3) is 6.13. The number of rotatable bonds is 4. The molecule has 39 heavy (non-hydrogen) atoms. The van der Waals surface area contributed by atoms with Crippen LogP contribution in [0.1, 0.15) is 47.7 Å². The summed E-state index contributed by atoms with van der Waals surface area (Å²) in [6.07, 6.45) is 2.95. The number of fused-ring (bicyclic) bond motifs is 3. The van der Waals surface area contributed by atoms with Crippen LogP contribution in [0.5, 0.6) is 0 Å². The normalized spacial score (nSPS) is 19.8. The highest BCUT2D eigenvalue weighted by Crippen LogP contribution is 2.33. The lowest BCUT2D eigenvalue weighted by molar-refractivity contribution is -0.116. The molecule has 0 radical (unpaired) electrons. The second kappa shape index (κ2) is 11.8. The van der Waals surface area contributed by atoms with Crippen molar-refractivity contribution in [2.75, 3.05) is 37.0 Å². The third-order valence-electron chi connectivity index (χ3n) is 8.11. The smallest absolute Gasteiger partial charge is 0.254 e. The van der Waals surface area contributed by atoms with Crippen molar-refractivity contribution in [2.24, 2.45) is 0 Å². The number of halogens is 1. The lowest BCUT2D eigenvalue weighted by Crippen LogP contribution is -2.45. The number of nitrogens with zero attached hydrogens (tertiary/aromatic N) is 4. The molecule has 0 spiro atoms. The number of hydrogen-bond acceptors (Lipinski definition) is 4. The van der Waals surface area contributed by atoms with Crippen LogP contribution in [0.2, 0.25) is 5.02 Å². The Labute approximate surface area is 236 Å². The highest BCUT2D eigenvalue weighted by atomic mass is 35.5. The van der Waals surface area contributed by atoms with Crippen molar-refractivity contribution in [1.82, 2.24) is 9.80 Å². The average Bonchev–Trinajstić information content (AvgIpc) is 3.29. The first-order chi connectivity index (χ1) is 18.8. The van der Waals surface area contributed by atoms with Crippen LogP contribution in [0.25, 0.3) is 0 Å². The van der Waals surface area contributed by atoms with E-state index in [0.29, 0.717) is 31.2 Å². The maximum atomic E-state index is 14.0. The van der Waals surface area contributed by atoms with E-state index in [2.05, 4.69) is 17.0 Å². The van der Waals surface area contributed by atoms with Crippen molar-refractivity contribution in [3.63, 3.8) is 0 Å². The van der Waals surface area contributed by atoms with Crippen molar-refractivity contribution >= 4 is 34.8 Å². The molecule has 0 N–H and O–H groups in total. The zero-order chi connectivity index (χ0) is 27.5. The van der Waals surface area contributed by atoms with Crippen LogP contribution in [0, 0.1) is 0 Å². The zero-order valence-electron chi connectivity index (χ0n) is 23.0. The minimum atomic E-state index is 0.0126. The summed E-state index contributed by atoms with van der Waals surface area (Å²) >= 11 is 6.16. The summed E-state index contributed by atoms with van der Waals surface area (Å²) in [6, 6.07) is 24.4. The SMILES string of the molecule is CC(=O)N1CC[C@H]2CC[C@@H](CN(C(=O)c3ccc(N(C)C)cc3)Cc3ccccc31)N2Cc1ccc(Cl)cc1. The van der Waals surface area contributed by atoms with E-state index in [4.69, 9.17) is 11.6 Å². The topological polar surface area (TPSA) is 47.1 Å². The van der Waals surface area contributed by atoms with Gasteiger partial charge in [-0.25, -0.2) is 0 Å². The summed E-state index contributed by atoms with van der Waals surface area (Å²) in [7, 11) is 3.99. The van der Waals surface area contributed by atoms with Gasteiger partial charge in [0.1, 0.15) is 0 Å². The molecular weight excluding hydrogens is 508 g/mol. The second-order valence-corrected chi connectivity index (χ2v) is 11.3. The van der Waals surface area contributed by atoms with Crippen LogP contribution in [0.3, 0.4) is 0 Å². The van der Waals surface area contributed by atoms with Crippen molar-refractivity contribution < 1.29 is 9.59 Å². The Morgan fingerprint density at radius 3 is 2.28 bits per heavy atom. The molecule has 204 valence electrons. The Morgan fingerprint density at radius 1 is 0.897 bits per heavy atom. The lowest BCUT2D eigenvalue weighted by atomic mass is 10.1. The lowest BCUT2D eigenvalue weighted by Gasteiger charge is -2.34. The molecule has 2 aliphatic rings. The first-order valence-corrected chi connectivity index (χ1v) is 14.1. The van der Waals surface area contributed by atoms with Gasteiger partial charge in [0.15, 0.2) is 0 Å². The van der Waals surface area contributed by atoms with E-state index < -0.39 is 0 Å². The van der Waals surface area contributed by atoms with Crippen LogP contribution in [-0.2, 0) is 17.9 Å². The summed E-state index contributed by atoms with van der Waals surface area (Å²) in [5.41, 5.74) is 4.82. The molecule has 0 aromatic heterocycles. The molecule has 6 nitrogen and oxygen atoms in total. The molecular formula is C32H37ClN4O2. The summed E-state index contributed by atoms with van der Waals surface area (Å²) in [4.78, 5) is 35.3. The second-order valence-electron chi connectivity index (χ2n) is 10.9. The van der Waals surface area contributed by atoms with E-state index in [0.717, 1.165) is 47.8 Å². The summed E-state index contributed by atoms with van der Waals surface area (Å²) in [5, 5.41) is 0.728. The van der Waals surface area contributed by atoms with E-state index in [1.807, 2.05) is 89.5 Å². The number of benzene rings is 3. The molecule has 2 heterocycles. The molecule has 2 amide bonds. The van der Waals surface area contributed by atoms with E-state index in [1.54, 1.807) is 6.92 Å². The predicted molar refractivity (Wildman–Crippen MR) is 158 cm³/mol. The molecule has 1 saturated heterocycles. The Bertz CT molecular complexity index is 1310. The van der Waals surface area contributed by atoms with Gasteiger partial charge >= 0.3 is 0 Å². The summed E-state index contributed by atoms with van der Waals surface area (Å²) < 4.78 is 0. The molecule has 1 fully saturated rings. The third-order valence-corrected chi connectivity index (χ3v) is 8.36. The van der Waals surface area contributed by atoms with Crippen LogP contribution < -0.4 is 9.80 Å². The van der Waals surface area contributed by atoms with Crippen LogP contribution >= 0.6 is 11.6 Å². The molecule has 2 bridgehead atoms. The van der Waals surface area contributed by atoms with Gasteiger partial charge in [0.2, 0.25) is 5.91 Å². The molecule has 3 aromatic carbocycles. The molecule has 0 aliphatic carbocycles. The van der Waals surface area contributed by atoms with Gasteiger partial charge < -0.3 is 14.7 Å².